The van der Waals surface area contributed by atoms with Crippen LogP contribution in [0.5, 0.6) is 5.75 Å². The molecule has 1 aliphatic heterocycles. The lowest BCUT2D eigenvalue weighted by Gasteiger charge is -2.35. The Balaban J connectivity index is 2.15. The molecule has 0 atom stereocenters. The normalized spacial score (nSPS) is 17.4. The predicted molar refractivity (Wildman–Crippen MR) is 67.4 cm³/mol. The smallest absolute Gasteiger partial charge is 0.403 e. The molecule has 3 nitrogen and oxygen atoms in total. The van der Waals surface area contributed by atoms with Gasteiger partial charge in [0.1, 0.15) is 0 Å². The third-order valence-corrected chi connectivity index (χ3v) is 3.33. The summed E-state index contributed by atoms with van der Waals surface area (Å²) < 4.78 is 54.3. The van der Waals surface area contributed by atoms with Gasteiger partial charge in [-0.3, -0.25) is 0 Å². The Morgan fingerprint density at radius 1 is 1.15 bits per heavy atom. The van der Waals surface area contributed by atoms with Gasteiger partial charge in [0.2, 0.25) is 0 Å². The van der Waals surface area contributed by atoms with Gasteiger partial charge < -0.3 is 14.5 Å². The van der Waals surface area contributed by atoms with Crippen LogP contribution in [0.15, 0.2) is 18.2 Å². The lowest BCUT2D eigenvalue weighted by Crippen LogP contribution is -2.46. The van der Waals surface area contributed by atoms with Crippen LogP contribution in [-0.2, 0) is 0 Å². The molecule has 1 aliphatic rings. The topological polar surface area (TPSA) is 15.7 Å². The van der Waals surface area contributed by atoms with Gasteiger partial charge in [0.15, 0.2) is 11.6 Å². The van der Waals surface area contributed by atoms with Gasteiger partial charge in [0.25, 0.3) is 0 Å². The van der Waals surface area contributed by atoms with Crippen molar-refractivity contribution in [2.75, 3.05) is 37.6 Å². The van der Waals surface area contributed by atoms with Crippen LogP contribution in [-0.4, -0.2) is 44.0 Å². The summed E-state index contributed by atoms with van der Waals surface area (Å²) in [4.78, 5) is 3.94. The fourth-order valence-corrected chi connectivity index (χ4v) is 2.25. The number of halogens is 4. The van der Waals surface area contributed by atoms with Crippen molar-refractivity contribution in [3.63, 3.8) is 0 Å². The van der Waals surface area contributed by atoms with Crippen LogP contribution in [0.4, 0.5) is 23.2 Å². The molecule has 0 aliphatic carbocycles. The first kappa shape index (κ1) is 14.9. The number of nitrogens with zero attached hydrogens (tertiary/aromatic N) is 2. The molecule has 0 aromatic heterocycles. The molecule has 1 heterocycles. The minimum Gasteiger partial charge on any atom is -0.403 e. The average molecular weight is 292 g/mol. The summed E-state index contributed by atoms with van der Waals surface area (Å²) >= 11 is 0. The van der Waals surface area contributed by atoms with Crippen LogP contribution in [0.1, 0.15) is 6.92 Å². The summed E-state index contributed by atoms with van der Waals surface area (Å²) in [6, 6.07) is 3.82. The first-order valence-corrected chi connectivity index (χ1v) is 6.42. The number of anilines is 1. The third-order valence-electron chi connectivity index (χ3n) is 3.33. The summed E-state index contributed by atoms with van der Waals surface area (Å²) in [5.41, 5.74) is 0.155. The van der Waals surface area contributed by atoms with Gasteiger partial charge in [-0.2, -0.15) is 0 Å². The zero-order valence-corrected chi connectivity index (χ0v) is 11.1. The van der Waals surface area contributed by atoms with E-state index in [-0.39, 0.29) is 5.69 Å². The Morgan fingerprint density at radius 2 is 1.80 bits per heavy atom. The van der Waals surface area contributed by atoms with E-state index in [9.17, 15) is 17.6 Å². The summed E-state index contributed by atoms with van der Waals surface area (Å²) in [6.07, 6.45) is -4.89. The number of likely N-dealkylation sites (N-methyl/N-ethyl adjacent to an activating group) is 1. The van der Waals surface area contributed by atoms with Crippen molar-refractivity contribution < 1.29 is 22.3 Å². The number of rotatable bonds is 3. The molecule has 1 aromatic carbocycles. The van der Waals surface area contributed by atoms with Crippen molar-refractivity contribution in [2.24, 2.45) is 0 Å². The van der Waals surface area contributed by atoms with E-state index in [0.717, 1.165) is 25.7 Å². The van der Waals surface area contributed by atoms with Gasteiger partial charge in [-0.25, -0.2) is 4.39 Å². The molecule has 2 rings (SSSR count). The van der Waals surface area contributed by atoms with Crippen molar-refractivity contribution in [3.8, 4) is 5.75 Å². The van der Waals surface area contributed by atoms with E-state index in [4.69, 9.17) is 0 Å². The van der Waals surface area contributed by atoms with Crippen molar-refractivity contribution in [1.29, 1.82) is 0 Å². The molecule has 20 heavy (non-hydrogen) atoms. The second-order valence-electron chi connectivity index (χ2n) is 4.56. The van der Waals surface area contributed by atoms with Crippen molar-refractivity contribution in [2.45, 2.75) is 13.3 Å². The van der Waals surface area contributed by atoms with E-state index >= 15 is 0 Å². The standard InChI is InChI=1S/C13H16F4N2O/c1-2-18-6-8-19(9-7-18)10-4-3-5-11(12(10)14)20-13(15,16)17/h3-5H,2,6-9H2,1H3. The minimum atomic E-state index is -4.89. The molecule has 0 spiro atoms. The minimum absolute atomic E-state index is 0.155. The van der Waals surface area contributed by atoms with E-state index < -0.39 is 17.9 Å². The summed E-state index contributed by atoms with van der Waals surface area (Å²) in [5, 5.41) is 0. The number of ether oxygens (including phenoxy) is 1. The third kappa shape index (κ3) is 3.53. The molecule has 1 fully saturated rings. The van der Waals surface area contributed by atoms with E-state index in [1.165, 1.54) is 12.1 Å². The van der Waals surface area contributed by atoms with Crippen LogP contribution in [0.2, 0.25) is 0 Å². The predicted octanol–water partition coefficient (Wildman–Crippen LogP) is 2.87. The van der Waals surface area contributed by atoms with Gasteiger partial charge >= 0.3 is 6.36 Å². The van der Waals surface area contributed by atoms with Crippen LogP contribution < -0.4 is 9.64 Å². The lowest BCUT2D eigenvalue weighted by atomic mass is 10.2. The number of hydrogen-bond acceptors (Lipinski definition) is 3. The lowest BCUT2D eigenvalue weighted by molar-refractivity contribution is -0.275. The molecule has 0 amide bonds. The van der Waals surface area contributed by atoms with Crippen LogP contribution in [0.25, 0.3) is 0 Å². The Labute approximate surface area is 114 Å². The Kier molecular flexibility index (Phi) is 4.37. The highest BCUT2D eigenvalue weighted by molar-refractivity contribution is 5.53. The summed E-state index contributed by atoms with van der Waals surface area (Å²) in [5.74, 6) is -1.75. The van der Waals surface area contributed by atoms with Gasteiger partial charge in [0.05, 0.1) is 5.69 Å². The van der Waals surface area contributed by atoms with E-state index in [2.05, 4.69) is 9.64 Å². The zero-order chi connectivity index (χ0) is 14.8. The molecule has 0 radical (unpaired) electrons. The van der Waals surface area contributed by atoms with Crippen molar-refractivity contribution in [3.05, 3.63) is 24.0 Å². The summed E-state index contributed by atoms with van der Waals surface area (Å²) in [7, 11) is 0. The maximum Gasteiger partial charge on any atom is 0.573 e. The monoisotopic (exact) mass is 292 g/mol. The SMILES string of the molecule is CCN1CCN(c2cccc(OC(F)(F)F)c2F)CC1. The Bertz CT molecular complexity index is 456. The highest BCUT2D eigenvalue weighted by Gasteiger charge is 2.33. The number of piperazine rings is 1. The number of alkyl halides is 3. The van der Waals surface area contributed by atoms with E-state index in [1.54, 1.807) is 4.90 Å². The van der Waals surface area contributed by atoms with E-state index in [0.29, 0.717) is 13.1 Å². The van der Waals surface area contributed by atoms with Gasteiger partial charge in [0, 0.05) is 26.2 Å². The van der Waals surface area contributed by atoms with Gasteiger partial charge in [-0.1, -0.05) is 13.0 Å². The quantitative estimate of drug-likeness (QED) is 0.797. The molecule has 0 unspecified atom stereocenters. The largest absolute Gasteiger partial charge is 0.573 e. The molecule has 0 N–H and O–H groups in total. The van der Waals surface area contributed by atoms with Gasteiger partial charge in [-0.15, -0.1) is 13.2 Å². The Hall–Kier alpha value is -1.50. The van der Waals surface area contributed by atoms with E-state index in [1.807, 2.05) is 6.92 Å². The molecule has 1 aromatic rings. The average Bonchev–Trinajstić information content (AvgIpc) is 2.40. The summed E-state index contributed by atoms with van der Waals surface area (Å²) in [6.45, 7) is 5.64. The van der Waals surface area contributed by atoms with Crippen molar-refractivity contribution >= 4 is 5.69 Å². The maximum absolute atomic E-state index is 14.1. The highest BCUT2D eigenvalue weighted by Crippen LogP contribution is 2.31. The highest BCUT2D eigenvalue weighted by atomic mass is 19.4. The second-order valence-corrected chi connectivity index (χ2v) is 4.56. The van der Waals surface area contributed by atoms with Crippen molar-refractivity contribution in [1.82, 2.24) is 4.90 Å². The molecule has 0 bridgehead atoms. The molecule has 0 saturated carbocycles. The van der Waals surface area contributed by atoms with Crippen LogP contribution in [0.3, 0.4) is 0 Å². The van der Waals surface area contributed by atoms with Gasteiger partial charge in [-0.05, 0) is 18.7 Å². The first-order valence-electron chi connectivity index (χ1n) is 6.42. The first-order chi connectivity index (χ1) is 9.40. The van der Waals surface area contributed by atoms with Crippen LogP contribution >= 0.6 is 0 Å². The molecule has 7 heteroatoms. The Morgan fingerprint density at radius 3 is 2.35 bits per heavy atom. The number of hydrogen-bond donors (Lipinski definition) is 0. The van der Waals surface area contributed by atoms with Crippen LogP contribution in [0, 0.1) is 5.82 Å². The number of benzene rings is 1. The molecule has 1 saturated heterocycles. The second kappa shape index (κ2) is 5.87. The molecular formula is C13H16F4N2O. The fourth-order valence-electron chi connectivity index (χ4n) is 2.25. The zero-order valence-electron chi connectivity index (χ0n) is 11.1. The molecule has 112 valence electrons. The molecular weight excluding hydrogens is 276 g/mol. The fraction of sp³-hybridized carbons (Fsp3) is 0.538. The maximum atomic E-state index is 14.1.